The van der Waals surface area contributed by atoms with E-state index in [1.165, 1.54) is 17.0 Å². The summed E-state index contributed by atoms with van der Waals surface area (Å²) in [5, 5.41) is 6.07. The minimum Gasteiger partial charge on any atom is -0.376 e. The van der Waals surface area contributed by atoms with Crippen molar-refractivity contribution in [2.24, 2.45) is 5.92 Å². The fraction of sp³-hybridized carbons (Fsp3) is 0.462. The van der Waals surface area contributed by atoms with Crippen LogP contribution in [0.1, 0.15) is 36.1 Å². The molecule has 0 saturated carbocycles. The Morgan fingerprint density at radius 3 is 2.57 bits per heavy atom. The highest BCUT2D eigenvalue weighted by molar-refractivity contribution is 5.85. The summed E-state index contributed by atoms with van der Waals surface area (Å²) in [4.78, 5) is 29.0. The van der Waals surface area contributed by atoms with E-state index in [1.54, 1.807) is 13.1 Å². The highest BCUT2D eigenvalue weighted by atomic mass is 19.4. The molecule has 0 fully saturated rings. The van der Waals surface area contributed by atoms with Gasteiger partial charge in [-0.1, -0.05) is 44.2 Å². The number of rotatable bonds is 10. The number of nitrogens with one attached hydrogen (secondary N) is 2. The summed E-state index contributed by atoms with van der Waals surface area (Å²) in [5.74, 6) is 0.0927. The first-order valence-corrected chi connectivity index (χ1v) is 11.8. The molecule has 0 aromatic heterocycles. The highest BCUT2D eigenvalue weighted by Gasteiger charge is 2.33. The lowest BCUT2D eigenvalue weighted by molar-refractivity contribution is -0.139. The Bertz CT molecular complexity index is 1040. The monoisotopic (exact) mass is 490 g/mol. The van der Waals surface area contributed by atoms with Crippen molar-refractivity contribution in [3.05, 3.63) is 64.7 Å². The minimum absolute atomic E-state index is 0.0474. The first-order chi connectivity index (χ1) is 16.6. The van der Waals surface area contributed by atoms with Crippen LogP contribution in [0.25, 0.3) is 0 Å². The molecule has 0 saturated heterocycles. The van der Waals surface area contributed by atoms with Gasteiger partial charge in [0.2, 0.25) is 11.8 Å². The molecular formula is C26H33F3N4O2. The number of carbonyl (C=O) groups is 2. The van der Waals surface area contributed by atoms with Crippen molar-refractivity contribution < 1.29 is 22.8 Å². The predicted molar refractivity (Wildman–Crippen MR) is 130 cm³/mol. The van der Waals surface area contributed by atoms with E-state index in [0.29, 0.717) is 31.2 Å². The number of nitrogens with zero attached hydrogens (tertiary/aromatic N) is 2. The van der Waals surface area contributed by atoms with Crippen molar-refractivity contribution in [3.8, 4) is 0 Å². The second-order valence-electron chi connectivity index (χ2n) is 9.22. The summed E-state index contributed by atoms with van der Waals surface area (Å²) in [6.07, 6.45) is -4.24. The molecule has 0 atom stereocenters. The number of likely N-dealkylation sites (N-methyl/N-ethyl adjacent to an activating group) is 1. The maximum absolute atomic E-state index is 13.5. The van der Waals surface area contributed by atoms with Crippen LogP contribution in [0.5, 0.6) is 0 Å². The summed E-state index contributed by atoms with van der Waals surface area (Å²) < 4.78 is 40.4. The van der Waals surface area contributed by atoms with E-state index in [1.807, 2.05) is 23.1 Å². The smallest absolute Gasteiger partial charge is 0.376 e. The number of hydrogen-bond acceptors (Lipinski definition) is 4. The Balaban J connectivity index is 1.73. The van der Waals surface area contributed by atoms with E-state index in [0.717, 1.165) is 17.2 Å². The van der Waals surface area contributed by atoms with Crippen molar-refractivity contribution >= 4 is 17.5 Å². The zero-order valence-electron chi connectivity index (χ0n) is 20.4. The highest BCUT2D eigenvalue weighted by Crippen LogP contribution is 2.32. The fourth-order valence-corrected chi connectivity index (χ4v) is 4.28. The van der Waals surface area contributed by atoms with Gasteiger partial charge in [0, 0.05) is 38.4 Å². The van der Waals surface area contributed by atoms with Crippen LogP contribution in [-0.2, 0) is 35.3 Å². The van der Waals surface area contributed by atoms with Crippen LogP contribution in [0.2, 0.25) is 0 Å². The van der Waals surface area contributed by atoms with Crippen molar-refractivity contribution in [2.45, 2.75) is 39.5 Å². The van der Waals surface area contributed by atoms with Gasteiger partial charge in [-0.05, 0) is 41.8 Å². The summed E-state index contributed by atoms with van der Waals surface area (Å²) in [6.45, 7) is 5.83. The summed E-state index contributed by atoms with van der Waals surface area (Å²) in [6, 6.07) is 11.0. The van der Waals surface area contributed by atoms with Gasteiger partial charge >= 0.3 is 6.18 Å². The standard InChI is InChI=1S/C26H33F3N4O2/c1-18(2)15-33-16-19-8-6-10-23(21(19)13-24(33)34)31-14-25(35)32(12-11-30-3)17-20-7-4-5-9-22(20)26(27,28)29/h4-10,18,30-31H,11-17H2,1-3H3. The Morgan fingerprint density at radius 2 is 1.89 bits per heavy atom. The summed E-state index contributed by atoms with van der Waals surface area (Å²) >= 11 is 0. The van der Waals surface area contributed by atoms with Crippen LogP contribution in [0.4, 0.5) is 18.9 Å². The third-order valence-electron chi connectivity index (χ3n) is 6.00. The predicted octanol–water partition coefficient (Wildman–Crippen LogP) is 3.91. The van der Waals surface area contributed by atoms with Gasteiger partial charge < -0.3 is 20.4 Å². The molecule has 9 heteroatoms. The second kappa shape index (κ2) is 11.6. The van der Waals surface area contributed by atoms with E-state index in [9.17, 15) is 22.8 Å². The molecule has 190 valence electrons. The average Bonchev–Trinajstić information content (AvgIpc) is 2.80. The van der Waals surface area contributed by atoms with E-state index in [2.05, 4.69) is 24.5 Å². The van der Waals surface area contributed by atoms with Crippen LogP contribution in [-0.4, -0.2) is 54.8 Å². The molecule has 0 radical (unpaired) electrons. The lowest BCUT2D eigenvalue weighted by atomic mass is 9.96. The van der Waals surface area contributed by atoms with E-state index < -0.39 is 11.7 Å². The Kier molecular flexibility index (Phi) is 8.77. The molecule has 0 spiro atoms. The molecule has 2 amide bonds. The van der Waals surface area contributed by atoms with Gasteiger partial charge in [-0.3, -0.25) is 9.59 Å². The number of anilines is 1. The molecule has 2 N–H and O–H groups in total. The van der Waals surface area contributed by atoms with Gasteiger partial charge in [-0.15, -0.1) is 0 Å². The van der Waals surface area contributed by atoms with Gasteiger partial charge in [-0.25, -0.2) is 0 Å². The first kappa shape index (κ1) is 26.5. The number of carbonyl (C=O) groups excluding carboxylic acids is 2. The molecule has 1 aliphatic rings. The van der Waals surface area contributed by atoms with Crippen molar-refractivity contribution in [2.75, 3.05) is 38.5 Å². The third-order valence-corrected chi connectivity index (χ3v) is 6.00. The molecule has 0 aliphatic carbocycles. The van der Waals surface area contributed by atoms with Crippen molar-refractivity contribution in [1.29, 1.82) is 0 Å². The molecule has 1 aliphatic heterocycles. The topological polar surface area (TPSA) is 64.7 Å². The molecule has 0 unspecified atom stereocenters. The van der Waals surface area contributed by atoms with Crippen LogP contribution >= 0.6 is 0 Å². The number of amides is 2. The van der Waals surface area contributed by atoms with Gasteiger partial charge in [0.1, 0.15) is 0 Å². The lowest BCUT2D eigenvalue weighted by Gasteiger charge is -2.31. The normalized spacial score (nSPS) is 13.7. The zero-order chi connectivity index (χ0) is 25.6. The van der Waals surface area contributed by atoms with E-state index >= 15 is 0 Å². The number of halogens is 3. The summed E-state index contributed by atoms with van der Waals surface area (Å²) in [7, 11) is 1.72. The number of fused-ring (bicyclic) bond motifs is 1. The molecule has 35 heavy (non-hydrogen) atoms. The number of hydrogen-bond donors (Lipinski definition) is 2. The van der Waals surface area contributed by atoms with Gasteiger partial charge in [0.05, 0.1) is 18.5 Å². The van der Waals surface area contributed by atoms with Crippen LogP contribution in [0.3, 0.4) is 0 Å². The van der Waals surface area contributed by atoms with Gasteiger partial charge in [-0.2, -0.15) is 13.2 Å². The number of alkyl halides is 3. The summed E-state index contributed by atoms with van der Waals surface area (Å²) in [5.41, 5.74) is 1.93. The molecular weight excluding hydrogens is 457 g/mol. The SMILES string of the molecule is CNCCN(Cc1ccccc1C(F)(F)F)C(=O)CNc1cccc2c1CC(=O)N(CC(C)C)C2. The first-order valence-electron chi connectivity index (χ1n) is 11.8. The largest absolute Gasteiger partial charge is 0.416 e. The lowest BCUT2D eigenvalue weighted by Crippen LogP contribution is -2.40. The second-order valence-corrected chi connectivity index (χ2v) is 9.22. The van der Waals surface area contributed by atoms with Crippen LogP contribution in [0.15, 0.2) is 42.5 Å². The van der Waals surface area contributed by atoms with Gasteiger partial charge in [0.25, 0.3) is 0 Å². The molecule has 1 heterocycles. The van der Waals surface area contributed by atoms with Crippen LogP contribution < -0.4 is 10.6 Å². The Morgan fingerprint density at radius 1 is 1.14 bits per heavy atom. The quantitative estimate of drug-likeness (QED) is 0.530. The molecule has 2 aromatic carbocycles. The Hall–Kier alpha value is -3.07. The van der Waals surface area contributed by atoms with Crippen molar-refractivity contribution in [1.82, 2.24) is 15.1 Å². The average molecular weight is 491 g/mol. The van der Waals surface area contributed by atoms with E-state index in [4.69, 9.17) is 0 Å². The number of benzene rings is 2. The molecule has 2 aromatic rings. The van der Waals surface area contributed by atoms with Gasteiger partial charge in [0.15, 0.2) is 0 Å². The molecule has 3 rings (SSSR count). The minimum atomic E-state index is -4.49. The molecule has 0 bridgehead atoms. The van der Waals surface area contributed by atoms with E-state index in [-0.39, 0.29) is 43.4 Å². The Labute approximate surface area is 204 Å². The third kappa shape index (κ3) is 6.97. The molecule has 6 nitrogen and oxygen atoms in total. The fourth-order valence-electron chi connectivity index (χ4n) is 4.28. The maximum atomic E-state index is 13.5. The maximum Gasteiger partial charge on any atom is 0.416 e. The zero-order valence-corrected chi connectivity index (χ0v) is 20.4. The van der Waals surface area contributed by atoms with Crippen LogP contribution in [0, 0.1) is 5.92 Å². The van der Waals surface area contributed by atoms with Crippen molar-refractivity contribution in [3.63, 3.8) is 0 Å².